The van der Waals surface area contributed by atoms with Crippen molar-refractivity contribution in [3.8, 4) is 16.9 Å². The summed E-state index contributed by atoms with van der Waals surface area (Å²) in [4.78, 5) is 0. The van der Waals surface area contributed by atoms with Gasteiger partial charge in [-0.1, -0.05) is 91.0 Å². The molecule has 4 N–H and O–H groups in total. The lowest BCUT2D eigenvalue weighted by Gasteiger charge is -2.21. The zero-order valence-electron chi connectivity index (χ0n) is 16.2. The molecule has 0 radical (unpaired) electrons. The van der Waals surface area contributed by atoms with Gasteiger partial charge in [0.25, 0.3) is 0 Å². The van der Waals surface area contributed by atoms with Crippen LogP contribution < -0.4 is 11.3 Å². The Kier molecular flexibility index (Phi) is 5.59. The van der Waals surface area contributed by atoms with E-state index < -0.39 is 0 Å². The number of hydrazine groups is 1. The molecule has 4 aromatic rings. The van der Waals surface area contributed by atoms with Crippen LogP contribution in [0.4, 0.5) is 5.69 Å². The van der Waals surface area contributed by atoms with Crippen molar-refractivity contribution >= 4 is 5.69 Å². The predicted octanol–water partition coefficient (Wildman–Crippen LogP) is 5.53. The Morgan fingerprint density at radius 1 is 0.655 bits per heavy atom. The molecule has 0 saturated carbocycles. The van der Waals surface area contributed by atoms with Crippen LogP contribution in [0.3, 0.4) is 0 Å². The molecule has 0 atom stereocenters. The number of rotatable bonds is 6. The van der Waals surface area contributed by atoms with Crippen LogP contribution in [0.2, 0.25) is 0 Å². The number of nitrogens with two attached hydrogens (primary N) is 1. The van der Waals surface area contributed by atoms with Crippen LogP contribution in [0.25, 0.3) is 11.1 Å². The van der Waals surface area contributed by atoms with Crippen molar-refractivity contribution in [2.24, 2.45) is 5.84 Å². The molecule has 0 heterocycles. The maximum absolute atomic E-state index is 10.9. The lowest BCUT2D eigenvalue weighted by atomic mass is 9.86. The summed E-state index contributed by atoms with van der Waals surface area (Å²) < 4.78 is 0. The maximum Gasteiger partial charge on any atom is 0.121 e. The minimum Gasteiger partial charge on any atom is -0.508 e. The molecule has 0 aliphatic carbocycles. The smallest absolute Gasteiger partial charge is 0.121 e. The lowest BCUT2D eigenvalue weighted by Crippen LogP contribution is -2.11. The lowest BCUT2D eigenvalue weighted by molar-refractivity contribution is 0.469. The standard InChI is InChI=1S/C26H24N2O/c27-28-24-18-25(29)22(16-19-10-4-1-5-11-19)23(17-20-12-6-2-7-13-20)26(24)21-14-8-3-9-15-21/h1-15,18,28-29H,16-17,27H2. The molecule has 4 rings (SSSR count). The van der Waals surface area contributed by atoms with E-state index in [4.69, 9.17) is 5.84 Å². The Morgan fingerprint density at radius 3 is 1.66 bits per heavy atom. The quantitative estimate of drug-likeness (QED) is 0.305. The number of hydrogen-bond acceptors (Lipinski definition) is 3. The number of hydrogen-bond donors (Lipinski definition) is 3. The second-order valence-electron chi connectivity index (χ2n) is 7.11. The molecule has 0 amide bonds. The first-order valence-electron chi connectivity index (χ1n) is 9.74. The van der Waals surface area contributed by atoms with Crippen LogP contribution in [0.15, 0.2) is 97.1 Å². The zero-order chi connectivity index (χ0) is 20.1. The van der Waals surface area contributed by atoms with Gasteiger partial charge in [0.15, 0.2) is 0 Å². The fourth-order valence-corrected chi connectivity index (χ4v) is 3.80. The van der Waals surface area contributed by atoms with Crippen molar-refractivity contribution < 1.29 is 5.11 Å². The monoisotopic (exact) mass is 380 g/mol. The number of nitrogens with one attached hydrogen (secondary N) is 1. The van der Waals surface area contributed by atoms with Crippen LogP contribution >= 0.6 is 0 Å². The van der Waals surface area contributed by atoms with Gasteiger partial charge in [0.1, 0.15) is 5.75 Å². The molecular formula is C26H24N2O. The molecule has 0 spiro atoms. The summed E-state index contributed by atoms with van der Waals surface area (Å²) in [7, 11) is 0. The molecule has 4 aromatic carbocycles. The summed E-state index contributed by atoms with van der Waals surface area (Å²) in [6, 6.07) is 32.5. The molecule has 0 unspecified atom stereocenters. The van der Waals surface area contributed by atoms with E-state index in [9.17, 15) is 5.11 Å². The Balaban J connectivity index is 1.93. The minimum absolute atomic E-state index is 0.257. The van der Waals surface area contributed by atoms with E-state index in [0.717, 1.165) is 33.5 Å². The fourth-order valence-electron chi connectivity index (χ4n) is 3.80. The molecule has 29 heavy (non-hydrogen) atoms. The summed E-state index contributed by atoms with van der Waals surface area (Å²) >= 11 is 0. The Hall–Kier alpha value is -3.56. The summed E-state index contributed by atoms with van der Waals surface area (Å²) in [5.74, 6) is 6.12. The van der Waals surface area contributed by atoms with Crippen molar-refractivity contribution in [3.63, 3.8) is 0 Å². The minimum atomic E-state index is 0.257. The van der Waals surface area contributed by atoms with Gasteiger partial charge >= 0.3 is 0 Å². The third-order valence-corrected chi connectivity index (χ3v) is 5.19. The highest BCUT2D eigenvalue weighted by molar-refractivity contribution is 5.84. The molecule has 0 aliphatic heterocycles. The molecule has 0 bridgehead atoms. The van der Waals surface area contributed by atoms with Gasteiger partial charge in [-0.15, -0.1) is 0 Å². The highest BCUT2D eigenvalue weighted by atomic mass is 16.3. The van der Waals surface area contributed by atoms with E-state index in [2.05, 4.69) is 41.8 Å². The fraction of sp³-hybridized carbons (Fsp3) is 0.0769. The third kappa shape index (κ3) is 4.15. The number of phenolic OH excluding ortho intramolecular Hbond substituents is 1. The van der Waals surface area contributed by atoms with Crippen molar-refractivity contribution in [1.29, 1.82) is 0 Å². The normalized spacial score (nSPS) is 10.7. The van der Waals surface area contributed by atoms with Crippen molar-refractivity contribution in [3.05, 3.63) is 119 Å². The van der Waals surface area contributed by atoms with Crippen LogP contribution in [-0.4, -0.2) is 5.11 Å². The molecule has 3 nitrogen and oxygen atoms in total. The van der Waals surface area contributed by atoms with E-state index in [1.807, 2.05) is 54.6 Å². The highest BCUT2D eigenvalue weighted by Gasteiger charge is 2.19. The topological polar surface area (TPSA) is 58.3 Å². The van der Waals surface area contributed by atoms with E-state index in [1.54, 1.807) is 6.07 Å². The molecule has 0 aromatic heterocycles. The number of aromatic hydroxyl groups is 1. The predicted molar refractivity (Wildman–Crippen MR) is 120 cm³/mol. The number of phenols is 1. The van der Waals surface area contributed by atoms with Gasteiger partial charge in [0.05, 0.1) is 5.69 Å². The number of benzene rings is 4. The van der Waals surface area contributed by atoms with Crippen LogP contribution in [0, 0.1) is 0 Å². The van der Waals surface area contributed by atoms with Crippen LogP contribution in [0.1, 0.15) is 22.3 Å². The molecule has 3 heteroatoms. The van der Waals surface area contributed by atoms with Crippen LogP contribution in [-0.2, 0) is 12.8 Å². The van der Waals surface area contributed by atoms with Gasteiger partial charge in [-0.05, 0) is 28.7 Å². The summed E-state index contributed by atoms with van der Waals surface area (Å²) in [6.45, 7) is 0. The zero-order valence-corrected chi connectivity index (χ0v) is 16.2. The second-order valence-corrected chi connectivity index (χ2v) is 7.11. The maximum atomic E-state index is 10.9. The van der Waals surface area contributed by atoms with Crippen LogP contribution in [0.5, 0.6) is 5.75 Å². The Labute approximate surface area is 171 Å². The van der Waals surface area contributed by atoms with Gasteiger partial charge in [0.2, 0.25) is 0 Å². The van der Waals surface area contributed by atoms with Gasteiger partial charge < -0.3 is 10.5 Å². The van der Waals surface area contributed by atoms with E-state index in [0.29, 0.717) is 12.8 Å². The highest BCUT2D eigenvalue weighted by Crippen LogP contribution is 2.40. The first-order valence-corrected chi connectivity index (χ1v) is 9.74. The van der Waals surface area contributed by atoms with Gasteiger partial charge in [0, 0.05) is 23.6 Å². The molecule has 144 valence electrons. The largest absolute Gasteiger partial charge is 0.508 e. The molecule has 0 fully saturated rings. The average molecular weight is 380 g/mol. The van der Waals surface area contributed by atoms with E-state index in [1.165, 1.54) is 5.56 Å². The van der Waals surface area contributed by atoms with Gasteiger partial charge in [-0.3, -0.25) is 5.84 Å². The Bertz CT molecular complexity index is 1080. The summed E-state index contributed by atoms with van der Waals surface area (Å²) in [5, 5.41) is 10.9. The molecule has 0 aliphatic rings. The SMILES string of the molecule is NNc1cc(O)c(Cc2ccccc2)c(Cc2ccccc2)c1-c1ccccc1. The Morgan fingerprint density at radius 2 is 1.14 bits per heavy atom. The first kappa shape index (κ1) is 18.8. The number of nitrogen functional groups attached to an aromatic ring is 1. The second kappa shape index (κ2) is 8.63. The third-order valence-electron chi connectivity index (χ3n) is 5.19. The first-order chi connectivity index (χ1) is 14.3. The molecular weight excluding hydrogens is 356 g/mol. The average Bonchev–Trinajstić information content (AvgIpc) is 2.78. The van der Waals surface area contributed by atoms with Crippen molar-refractivity contribution in [2.45, 2.75) is 12.8 Å². The summed E-state index contributed by atoms with van der Waals surface area (Å²) in [5.41, 5.74) is 9.97. The van der Waals surface area contributed by atoms with Gasteiger partial charge in [-0.2, -0.15) is 0 Å². The van der Waals surface area contributed by atoms with E-state index >= 15 is 0 Å². The van der Waals surface area contributed by atoms with Crippen molar-refractivity contribution in [2.75, 3.05) is 5.43 Å². The van der Waals surface area contributed by atoms with Crippen molar-refractivity contribution in [1.82, 2.24) is 0 Å². The summed E-state index contributed by atoms with van der Waals surface area (Å²) in [6.07, 6.45) is 1.36. The number of anilines is 1. The van der Waals surface area contributed by atoms with Gasteiger partial charge in [-0.25, -0.2) is 0 Å². The van der Waals surface area contributed by atoms with E-state index in [-0.39, 0.29) is 5.75 Å². The molecule has 0 saturated heterocycles.